The predicted octanol–water partition coefficient (Wildman–Crippen LogP) is 4.76. The van der Waals surface area contributed by atoms with Crippen LogP contribution in [-0.2, 0) is 6.54 Å². The molecule has 0 amide bonds. The molecule has 0 saturated carbocycles. The maximum absolute atomic E-state index is 12.4. The number of anilines is 1. The van der Waals surface area contributed by atoms with Gasteiger partial charge in [-0.1, -0.05) is 5.16 Å². The van der Waals surface area contributed by atoms with Gasteiger partial charge in [0.05, 0.1) is 24.1 Å². The molecule has 0 spiro atoms. The van der Waals surface area contributed by atoms with Crippen LogP contribution in [0.2, 0.25) is 0 Å². The molecule has 4 heterocycles. The summed E-state index contributed by atoms with van der Waals surface area (Å²) in [6.07, 6.45) is -0.347. The Labute approximate surface area is 211 Å². The van der Waals surface area contributed by atoms with Gasteiger partial charge in [0.25, 0.3) is 5.89 Å². The monoisotopic (exact) mass is 513 g/mol. The second-order valence-electron chi connectivity index (χ2n) is 8.84. The lowest BCUT2D eigenvalue weighted by atomic mass is 10.2. The number of rotatable bonds is 9. The van der Waals surface area contributed by atoms with Gasteiger partial charge in [0.1, 0.15) is 5.75 Å². The molecule has 1 fully saturated rings. The Bertz CT molecular complexity index is 1310. The van der Waals surface area contributed by atoms with Crippen LogP contribution in [0.15, 0.2) is 53.2 Å². The number of hydrogen-bond acceptors (Lipinski definition) is 8. The average Bonchev–Trinajstić information content (AvgIpc) is 3.62. The van der Waals surface area contributed by atoms with E-state index in [-0.39, 0.29) is 17.5 Å². The van der Waals surface area contributed by atoms with E-state index in [1.165, 1.54) is 50.2 Å². The number of aromatic nitrogens is 5. The molecule has 3 aromatic heterocycles. The van der Waals surface area contributed by atoms with Crippen molar-refractivity contribution >= 4 is 5.69 Å². The lowest BCUT2D eigenvalue weighted by Gasteiger charge is -2.15. The van der Waals surface area contributed by atoms with Gasteiger partial charge in [0.15, 0.2) is 5.69 Å². The second-order valence-corrected chi connectivity index (χ2v) is 8.84. The van der Waals surface area contributed by atoms with E-state index in [2.05, 4.69) is 35.2 Å². The molecule has 1 aromatic carbocycles. The minimum atomic E-state index is -4.75. The number of benzene rings is 1. The Morgan fingerprint density at radius 2 is 1.86 bits per heavy atom. The number of pyridine rings is 1. The van der Waals surface area contributed by atoms with E-state index in [0.717, 1.165) is 30.2 Å². The number of hydrogen-bond donors (Lipinski definition) is 1. The quantitative estimate of drug-likeness (QED) is 0.343. The summed E-state index contributed by atoms with van der Waals surface area (Å²) < 4.78 is 48.1. The van der Waals surface area contributed by atoms with Gasteiger partial charge >= 0.3 is 6.36 Å². The van der Waals surface area contributed by atoms with Gasteiger partial charge in [-0.15, -0.1) is 13.2 Å². The number of alkyl halides is 3. The molecule has 5 rings (SSSR count). The number of nitrogens with zero attached hydrogens (tertiary/aromatic N) is 6. The van der Waals surface area contributed by atoms with Crippen molar-refractivity contribution in [3.8, 4) is 28.7 Å². The third-order valence-electron chi connectivity index (χ3n) is 6.06. The maximum Gasteiger partial charge on any atom is 0.573 e. The van der Waals surface area contributed by atoms with Crippen LogP contribution in [0.3, 0.4) is 0 Å². The first-order valence-electron chi connectivity index (χ1n) is 12.0. The highest BCUT2D eigenvalue weighted by Crippen LogP contribution is 2.27. The molecule has 4 aromatic rings. The van der Waals surface area contributed by atoms with E-state index in [1.54, 1.807) is 4.68 Å². The summed E-state index contributed by atoms with van der Waals surface area (Å²) in [5.74, 6) is 0.113. The molecule has 0 aliphatic carbocycles. The van der Waals surface area contributed by atoms with Crippen LogP contribution in [0.5, 0.6) is 5.75 Å². The molecule has 1 aliphatic rings. The van der Waals surface area contributed by atoms with Gasteiger partial charge < -0.3 is 19.5 Å². The van der Waals surface area contributed by atoms with Crippen molar-refractivity contribution in [3.05, 3.63) is 60.0 Å². The fourth-order valence-corrected chi connectivity index (χ4v) is 4.17. The van der Waals surface area contributed by atoms with E-state index < -0.39 is 6.36 Å². The average molecular weight is 514 g/mol. The first-order chi connectivity index (χ1) is 17.8. The summed E-state index contributed by atoms with van der Waals surface area (Å²) >= 11 is 0. The first-order valence-corrected chi connectivity index (χ1v) is 12.0. The van der Waals surface area contributed by atoms with Crippen molar-refractivity contribution in [3.63, 3.8) is 0 Å². The normalized spacial score (nSPS) is 14.3. The van der Waals surface area contributed by atoms with Gasteiger partial charge in [-0.25, -0.2) is 0 Å². The number of aryl methyl sites for hydroxylation is 1. The van der Waals surface area contributed by atoms with Gasteiger partial charge in [-0.05, 0) is 75.3 Å². The van der Waals surface area contributed by atoms with Crippen molar-refractivity contribution in [2.45, 2.75) is 32.7 Å². The number of halogens is 3. The van der Waals surface area contributed by atoms with Crippen LogP contribution >= 0.6 is 0 Å². The molecule has 0 bridgehead atoms. The van der Waals surface area contributed by atoms with Crippen molar-refractivity contribution in [1.82, 2.24) is 29.8 Å². The first kappa shape index (κ1) is 24.8. The second kappa shape index (κ2) is 10.6. The highest BCUT2D eigenvalue weighted by molar-refractivity contribution is 5.59. The fourth-order valence-electron chi connectivity index (χ4n) is 4.17. The summed E-state index contributed by atoms with van der Waals surface area (Å²) in [6, 6.07) is 11.0. The van der Waals surface area contributed by atoms with Gasteiger partial charge in [0.2, 0.25) is 5.82 Å². The zero-order chi connectivity index (χ0) is 25.8. The lowest BCUT2D eigenvalue weighted by molar-refractivity contribution is -0.274. The van der Waals surface area contributed by atoms with E-state index in [4.69, 9.17) is 4.52 Å². The van der Waals surface area contributed by atoms with Crippen molar-refractivity contribution < 1.29 is 22.4 Å². The topological polar surface area (TPSA) is 94.1 Å². The van der Waals surface area contributed by atoms with E-state index >= 15 is 0 Å². The molecular weight excluding hydrogens is 487 g/mol. The third-order valence-corrected chi connectivity index (χ3v) is 6.06. The molecule has 1 aliphatic heterocycles. The molecule has 0 unspecified atom stereocenters. The van der Waals surface area contributed by atoms with Crippen molar-refractivity contribution in [2.75, 3.05) is 31.5 Å². The third kappa shape index (κ3) is 6.45. The zero-order valence-corrected chi connectivity index (χ0v) is 20.2. The van der Waals surface area contributed by atoms with Crippen molar-refractivity contribution in [2.24, 2.45) is 0 Å². The van der Waals surface area contributed by atoms with Gasteiger partial charge in [-0.2, -0.15) is 10.1 Å². The molecule has 194 valence electrons. The number of likely N-dealkylation sites (tertiary alicyclic amines) is 1. The Hall–Kier alpha value is -3.93. The van der Waals surface area contributed by atoms with Crippen LogP contribution in [0.25, 0.3) is 23.0 Å². The largest absolute Gasteiger partial charge is 0.573 e. The van der Waals surface area contributed by atoms with Gasteiger partial charge in [0, 0.05) is 24.3 Å². The summed E-state index contributed by atoms with van der Waals surface area (Å²) in [7, 11) is 0. The molecular formula is C25H26F3N7O2. The fraction of sp³-hybridized carbons (Fsp3) is 0.360. The minimum Gasteiger partial charge on any atom is -0.406 e. The lowest BCUT2D eigenvalue weighted by Crippen LogP contribution is -2.25. The number of ether oxygens (including phenoxy) is 1. The molecule has 0 radical (unpaired) electrons. The molecule has 9 nitrogen and oxygen atoms in total. The summed E-state index contributed by atoms with van der Waals surface area (Å²) in [6.45, 7) is 6.68. The molecule has 37 heavy (non-hydrogen) atoms. The molecule has 12 heteroatoms. The van der Waals surface area contributed by atoms with Crippen LogP contribution in [-0.4, -0.2) is 62.3 Å². The standard InChI is InChI=1S/C25H26F3N7O2/c1-17-14-22(24-31-23(33-37-24)18-4-8-21(9-5-18)36-25(26,27)28)32-35(17)16-20-7-6-19(15-30-20)29-10-13-34-11-2-3-12-34/h4-9,14-15,29H,2-3,10-13,16H2,1H3. The van der Waals surface area contributed by atoms with E-state index in [0.29, 0.717) is 17.8 Å². The minimum absolute atomic E-state index is 0.206. The van der Waals surface area contributed by atoms with Crippen LogP contribution in [0.1, 0.15) is 24.2 Å². The molecule has 1 saturated heterocycles. The van der Waals surface area contributed by atoms with Crippen molar-refractivity contribution in [1.29, 1.82) is 0 Å². The summed E-state index contributed by atoms with van der Waals surface area (Å²) in [5, 5.41) is 11.9. The SMILES string of the molecule is Cc1cc(-c2nc(-c3ccc(OC(F)(F)F)cc3)no2)nn1Cc1ccc(NCCN2CCCC2)cn1. The highest BCUT2D eigenvalue weighted by atomic mass is 19.4. The van der Waals surface area contributed by atoms with Gasteiger partial charge in [-0.3, -0.25) is 9.67 Å². The Balaban J connectivity index is 1.20. The Morgan fingerprint density at radius 1 is 1.08 bits per heavy atom. The molecule has 1 N–H and O–H groups in total. The smallest absolute Gasteiger partial charge is 0.406 e. The summed E-state index contributed by atoms with van der Waals surface area (Å²) in [5.41, 5.74) is 3.71. The highest BCUT2D eigenvalue weighted by Gasteiger charge is 2.31. The van der Waals surface area contributed by atoms with Crippen LogP contribution in [0.4, 0.5) is 18.9 Å². The van der Waals surface area contributed by atoms with Crippen LogP contribution in [0, 0.1) is 6.92 Å². The zero-order valence-electron chi connectivity index (χ0n) is 20.2. The van der Waals surface area contributed by atoms with Crippen LogP contribution < -0.4 is 10.1 Å². The predicted molar refractivity (Wildman–Crippen MR) is 130 cm³/mol. The molecule has 0 atom stereocenters. The number of nitrogens with one attached hydrogen (secondary N) is 1. The Morgan fingerprint density at radius 3 is 2.57 bits per heavy atom. The van der Waals surface area contributed by atoms with E-state index in [1.807, 2.05) is 31.3 Å². The summed E-state index contributed by atoms with van der Waals surface area (Å²) in [4.78, 5) is 11.4. The Kier molecular flexibility index (Phi) is 7.08. The maximum atomic E-state index is 12.4. The van der Waals surface area contributed by atoms with E-state index in [9.17, 15) is 13.2 Å².